The van der Waals surface area contributed by atoms with E-state index >= 15 is 0 Å². The molecule has 1 aliphatic rings. The number of ether oxygens (including phenoxy) is 1. The van der Waals surface area contributed by atoms with Gasteiger partial charge in [0.15, 0.2) is 0 Å². The van der Waals surface area contributed by atoms with Crippen LogP contribution in [-0.4, -0.2) is 17.5 Å². The number of nitrogens with zero attached hydrogens (tertiary/aromatic N) is 1. The zero-order valence-corrected chi connectivity index (χ0v) is 10.6. The molecule has 0 aromatic heterocycles. The number of hydrogen-bond donors (Lipinski definition) is 0. The third-order valence-corrected chi connectivity index (χ3v) is 3.34. The van der Waals surface area contributed by atoms with Crippen LogP contribution in [0.4, 0.5) is 4.79 Å². The fourth-order valence-corrected chi connectivity index (χ4v) is 2.31. The van der Waals surface area contributed by atoms with Crippen molar-refractivity contribution in [3.63, 3.8) is 0 Å². The van der Waals surface area contributed by atoms with Crippen LogP contribution < -0.4 is 4.74 Å². The van der Waals surface area contributed by atoms with Crippen LogP contribution >= 0.6 is 0 Å². The molecule has 96 valence electrons. The SMILES string of the molecule is O=C(Oc1ccccc1)N1CCc2ccccc2C1. The molecule has 0 unspecified atom stereocenters. The number of para-hydroxylation sites is 1. The lowest BCUT2D eigenvalue weighted by Gasteiger charge is -2.27. The summed E-state index contributed by atoms with van der Waals surface area (Å²) < 4.78 is 5.36. The summed E-state index contributed by atoms with van der Waals surface area (Å²) in [5, 5.41) is 0. The van der Waals surface area contributed by atoms with E-state index in [1.807, 2.05) is 30.3 Å². The third kappa shape index (κ3) is 2.60. The molecule has 2 aromatic rings. The van der Waals surface area contributed by atoms with Crippen molar-refractivity contribution >= 4 is 6.09 Å². The molecule has 1 aliphatic heterocycles. The van der Waals surface area contributed by atoms with Gasteiger partial charge in [0.05, 0.1) is 0 Å². The molecule has 0 radical (unpaired) electrons. The lowest BCUT2D eigenvalue weighted by Crippen LogP contribution is -2.37. The Labute approximate surface area is 112 Å². The third-order valence-electron chi connectivity index (χ3n) is 3.34. The first-order valence-electron chi connectivity index (χ1n) is 6.41. The Morgan fingerprint density at radius 1 is 0.947 bits per heavy atom. The Kier molecular flexibility index (Phi) is 3.19. The molecule has 3 rings (SSSR count). The molecule has 0 bridgehead atoms. The predicted octanol–water partition coefficient (Wildman–Crippen LogP) is 3.24. The summed E-state index contributed by atoms with van der Waals surface area (Å²) in [7, 11) is 0. The van der Waals surface area contributed by atoms with Crippen molar-refractivity contribution < 1.29 is 9.53 Å². The lowest BCUT2D eigenvalue weighted by atomic mass is 10.0. The molecular weight excluding hydrogens is 238 g/mol. The van der Waals surface area contributed by atoms with E-state index in [4.69, 9.17) is 4.74 Å². The highest BCUT2D eigenvalue weighted by atomic mass is 16.6. The van der Waals surface area contributed by atoms with E-state index in [2.05, 4.69) is 12.1 Å². The number of fused-ring (bicyclic) bond motifs is 1. The monoisotopic (exact) mass is 253 g/mol. The first-order chi connectivity index (χ1) is 9.33. The normalized spacial score (nSPS) is 13.8. The minimum atomic E-state index is -0.277. The summed E-state index contributed by atoms with van der Waals surface area (Å²) in [6, 6.07) is 17.4. The van der Waals surface area contributed by atoms with E-state index in [1.165, 1.54) is 11.1 Å². The Morgan fingerprint density at radius 2 is 1.63 bits per heavy atom. The molecule has 3 heteroatoms. The van der Waals surface area contributed by atoms with Crippen LogP contribution in [0.2, 0.25) is 0 Å². The second kappa shape index (κ2) is 5.14. The van der Waals surface area contributed by atoms with E-state index in [0.29, 0.717) is 18.8 Å². The van der Waals surface area contributed by atoms with Crippen LogP contribution in [0.25, 0.3) is 0 Å². The highest BCUT2D eigenvalue weighted by molar-refractivity contribution is 5.71. The van der Waals surface area contributed by atoms with Gasteiger partial charge in [0.1, 0.15) is 5.75 Å². The van der Waals surface area contributed by atoms with E-state index in [9.17, 15) is 4.79 Å². The fraction of sp³-hybridized carbons (Fsp3) is 0.188. The van der Waals surface area contributed by atoms with Crippen molar-refractivity contribution in [2.45, 2.75) is 13.0 Å². The summed E-state index contributed by atoms with van der Waals surface area (Å²) >= 11 is 0. The molecule has 0 saturated heterocycles. The van der Waals surface area contributed by atoms with Crippen molar-refractivity contribution in [3.05, 3.63) is 65.7 Å². The number of carbonyl (C=O) groups excluding carboxylic acids is 1. The van der Waals surface area contributed by atoms with Gasteiger partial charge >= 0.3 is 6.09 Å². The standard InChI is InChI=1S/C16H15NO2/c18-16(19-15-8-2-1-3-9-15)17-11-10-13-6-4-5-7-14(13)12-17/h1-9H,10-12H2. The summed E-state index contributed by atoms with van der Waals surface area (Å²) in [4.78, 5) is 13.8. The molecule has 0 spiro atoms. The van der Waals surface area contributed by atoms with Crippen LogP contribution in [0.1, 0.15) is 11.1 Å². The van der Waals surface area contributed by atoms with Crippen LogP contribution in [0.5, 0.6) is 5.75 Å². The van der Waals surface area contributed by atoms with E-state index in [-0.39, 0.29) is 6.09 Å². The van der Waals surface area contributed by atoms with Gasteiger partial charge in [-0.2, -0.15) is 0 Å². The molecule has 3 nitrogen and oxygen atoms in total. The molecule has 0 atom stereocenters. The number of carbonyl (C=O) groups is 1. The van der Waals surface area contributed by atoms with Crippen molar-refractivity contribution in [3.8, 4) is 5.75 Å². The predicted molar refractivity (Wildman–Crippen MR) is 73.0 cm³/mol. The molecule has 19 heavy (non-hydrogen) atoms. The molecule has 1 amide bonds. The second-order valence-electron chi connectivity index (χ2n) is 4.62. The molecule has 0 N–H and O–H groups in total. The minimum Gasteiger partial charge on any atom is -0.410 e. The summed E-state index contributed by atoms with van der Waals surface area (Å²) in [5.74, 6) is 0.589. The second-order valence-corrected chi connectivity index (χ2v) is 4.62. The van der Waals surface area contributed by atoms with Crippen molar-refractivity contribution in [2.75, 3.05) is 6.54 Å². The van der Waals surface area contributed by atoms with Gasteiger partial charge < -0.3 is 9.64 Å². The zero-order valence-electron chi connectivity index (χ0n) is 10.6. The first-order valence-corrected chi connectivity index (χ1v) is 6.41. The quantitative estimate of drug-likeness (QED) is 0.780. The molecule has 0 saturated carbocycles. The average Bonchev–Trinajstić information content (AvgIpc) is 2.48. The molecular formula is C16H15NO2. The Hall–Kier alpha value is -2.29. The van der Waals surface area contributed by atoms with Crippen molar-refractivity contribution in [1.29, 1.82) is 0 Å². The van der Waals surface area contributed by atoms with Gasteiger partial charge in [-0.05, 0) is 29.7 Å². The van der Waals surface area contributed by atoms with Gasteiger partial charge in [-0.3, -0.25) is 0 Å². The average molecular weight is 253 g/mol. The van der Waals surface area contributed by atoms with Crippen molar-refractivity contribution in [1.82, 2.24) is 4.90 Å². The van der Waals surface area contributed by atoms with Crippen molar-refractivity contribution in [2.24, 2.45) is 0 Å². The maximum Gasteiger partial charge on any atom is 0.415 e. The summed E-state index contributed by atoms with van der Waals surface area (Å²) in [6.07, 6.45) is 0.612. The maximum absolute atomic E-state index is 12.1. The van der Waals surface area contributed by atoms with Gasteiger partial charge in [-0.25, -0.2) is 4.79 Å². The molecule has 0 aliphatic carbocycles. The van der Waals surface area contributed by atoms with Crippen LogP contribution in [0.3, 0.4) is 0 Å². The maximum atomic E-state index is 12.1. The van der Waals surface area contributed by atoms with Gasteiger partial charge in [0, 0.05) is 13.1 Å². The Balaban J connectivity index is 1.70. The van der Waals surface area contributed by atoms with Crippen LogP contribution in [0, 0.1) is 0 Å². The number of amides is 1. The topological polar surface area (TPSA) is 29.5 Å². The highest BCUT2D eigenvalue weighted by Gasteiger charge is 2.21. The largest absolute Gasteiger partial charge is 0.415 e. The van der Waals surface area contributed by atoms with E-state index in [1.54, 1.807) is 17.0 Å². The number of benzene rings is 2. The molecule has 0 fully saturated rings. The fourth-order valence-electron chi connectivity index (χ4n) is 2.31. The first kappa shape index (κ1) is 11.8. The van der Waals surface area contributed by atoms with Gasteiger partial charge in [-0.1, -0.05) is 42.5 Å². The highest BCUT2D eigenvalue weighted by Crippen LogP contribution is 2.20. The van der Waals surface area contributed by atoms with Crippen LogP contribution in [0.15, 0.2) is 54.6 Å². The zero-order chi connectivity index (χ0) is 13.1. The van der Waals surface area contributed by atoms with E-state index < -0.39 is 0 Å². The molecule has 1 heterocycles. The Bertz CT molecular complexity index is 580. The number of hydrogen-bond acceptors (Lipinski definition) is 2. The van der Waals surface area contributed by atoms with E-state index in [0.717, 1.165) is 6.42 Å². The smallest absolute Gasteiger partial charge is 0.410 e. The van der Waals surface area contributed by atoms with Gasteiger partial charge in [0.2, 0.25) is 0 Å². The number of rotatable bonds is 1. The van der Waals surface area contributed by atoms with Gasteiger partial charge in [-0.15, -0.1) is 0 Å². The lowest BCUT2D eigenvalue weighted by molar-refractivity contribution is 0.147. The molecule has 2 aromatic carbocycles. The van der Waals surface area contributed by atoms with Gasteiger partial charge in [0.25, 0.3) is 0 Å². The Morgan fingerprint density at radius 3 is 2.42 bits per heavy atom. The summed E-state index contributed by atoms with van der Waals surface area (Å²) in [6.45, 7) is 1.34. The summed E-state index contributed by atoms with van der Waals surface area (Å²) in [5.41, 5.74) is 2.53. The minimum absolute atomic E-state index is 0.277. The van der Waals surface area contributed by atoms with Crippen LogP contribution in [-0.2, 0) is 13.0 Å².